The summed E-state index contributed by atoms with van der Waals surface area (Å²) in [5.74, 6) is 0.994. The van der Waals surface area contributed by atoms with Gasteiger partial charge in [0.05, 0.1) is 11.1 Å². The number of rotatable bonds is 6. The number of hydrogen-bond acceptors (Lipinski definition) is 3. The maximum atomic E-state index is 12.8. The molecule has 2 aromatic carbocycles. The van der Waals surface area contributed by atoms with Crippen molar-refractivity contribution in [2.45, 2.75) is 75.4 Å². The molecule has 0 saturated heterocycles. The number of amides is 1. The van der Waals surface area contributed by atoms with Gasteiger partial charge in [0.1, 0.15) is 17.1 Å². The normalized spacial score (nSPS) is 22.9. The Hall–Kier alpha value is -2.20. The Morgan fingerprint density at radius 1 is 1.13 bits per heavy atom. The van der Waals surface area contributed by atoms with Crippen molar-refractivity contribution >= 4 is 17.5 Å². The van der Waals surface area contributed by atoms with Crippen LogP contribution in [-0.4, -0.2) is 17.6 Å². The lowest BCUT2D eigenvalue weighted by Crippen LogP contribution is -2.49. The number of ether oxygens (including phenoxy) is 2. The molecule has 0 radical (unpaired) electrons. The molecule has 5 heteroatoms. The average Bonchev–Trinajstić information content (AvgIpc) is 3.25. The first kappa shape index (κ1) is 20.7. The molecule has 3 aliphatic rings. The lowest BCUT2D eigenvalue weighted by molar-refractivity contribution is -0.124. The summed E-state index contributed by atoms with van der Waals surface area (Å²) >= 11 is 6.52. The number of benzene rings is 2. The molecule has 5 rings (SSSR count). The van der Waals surface area contributed by atoms with Crippen molar-refractivity contribution < 1.29 is 14.3 Å². The van der Waals surface area contributed by atoms with Crippen LogP contribution in [-0.2, 0) is 11.2 Å². The van der Waals surface area contributed by atoms with Crippen molar-refractivity contribution in [1.82, 2.24) is 0 Å². The van der Waals surface area contributed by atoms with Crippen molar-refractivity contribution in [2.75, 3.05) is 0 Å². The van der Waals surface area contributed by atoms with Gasteiger partial charge in [-0.1, -0.05) is 41.9 Å². The zero-order valence-corrected chi connectivity index (χ0v) is 18.6. The second kappa shape index (κ2) is 8.38. The standard InChI is InChI=1S/C26H30ClNO3/c27-22-11-5-10-19-21(16-26(13-6-14-26)31-24(19)22)20(25(28)29)15-17-7-1-4-12-23(17)30-18-8-2-3-9-18/h1,4-5,7,10-12,18,20-21H,2-3,6,8-9,13-16H2,(H2,28,29)/t20?,21-/m1/s1. The zero-order valence-electron chi connectivity index (χ0n) is 17.8. The molecule has 1 heterocycles. The first-order chi connectivity index (χ1) is 15.0. The number of primary amides is 1. The third-order valence-corrected chi connectivity index (χ3v) is 7.73. The average molecular weight is 440 g/mol. The number of nitrogens with two attached hydrogens (primary N) is 1. The summed E-state index contributed by atoms with van der Waals surface area (Å²) in [6.07, 6.45) is 9.42. The second-order valence-electron chi connectivity index (χ2n) is 9.45. The minimum atomic E-state index is -0.341. The number of carbonyl (C=O) groups excluding carboxylic acids is 1. The fourth-order valence-corrected chi connectivity index (χ4v) is 5.80. The van der Waals surface area contributed by atoms with E-state index in [1.165, 1.54) is 12.8 Å². The Labute approximate surface area is 189 Å². The number of halogens is 1. The fraction of sp³-hybridized carbons (Fsp3) is 0.500. The van der Waals surface area contributed by atoms with E-state index in [1.54, 1.807) is 0 Å². The summed E-state index contributed by atoms with van der Waals surface area (Å²) in [4.78, 5) is 12.8. The van der Waals surface area contributed by atoms with Gasteiger partial charge in [-0.2, -0.15) is 0 Å². The Bertz CT molecular complexity index is 965. The highest BCUT2D eigenvalue weighted by molar-refractivity contribution is 6.32. The molecule has 1 spiro atoms. The Balaban J connectivity index is 1.47. The molecule has 2 aromatic rings. The minimum Gasteiger partial charge on any atom is -0.490 e. The van der Waals surface area contributed by atoms with Crippen LogP contribution in [0.2, 0.25) is 5.02 Å². The van der Waals surface area contributed by atoms with Crippen molar-refractivity contribution in [1.29, 1.82) is 0 Å². The highest BCUT2D eigenvalue weighted by Gasteiger charge is 2.48. The molecule has 1 aliphatic heterocycles. The van der Waals surface area contributed by atoms with Crippen LogP contribution in [0.4, 0.5) is 0 Å². The van der Waals surface area contributed by atoms with Gasteiger partial charge < -0.3 is 15.2 Å². The van der Waals surface area contributed by atoms with Crippen molar-refractivity contribution in [3.8, 4) is 11.5 Å². The third-order valence-electron chi connectivity index (χ3n) is 7.43. The summed E-state index contributed by atoms with van der Waals surface area (Å²) in [6, 6.07) is 13.9. The van der Waals surface area contributed by atoms with Crippen molar-refractivity contribution in [2.24, 2.45) is 11.7 Å². The summed E-state index contributed by atoms with van der Waals surface area (Å²) in [7, 11) is 0. The van der Waals surface area contributed by atoms with Gasteiger partial charge in [-0.3, -0.25) is 4.79 Å². The van der Waals surface area contributed by atoms with Gasteiger partial charge in [0.25, 0.3) is 0 Å². The zero-order chi connectivity index (χ0) is 21.4. The third kappa shape index (κ3) is 4.03. The number of fused-ring (bicyclic) bond motifs is 1. The van der Waals surface area contributed by atoms with Gasteiger partial charge >= 0.3 is 0 Å². The van der Waals surface area contributed by atoms with Crippen LogP contribution in [0.25, 0.3) is 0 Å². The van der Waals surface area contributed by atoms with Crippen LogP contribution >= 0.6 is 11.6 Å². The Kier molecular flexibility index (Phi) is 5.60. The highest BCUT2D eigenvalue weighted by atomic mass is 35.5. The molecule has 0 bridgehead atoms. The van der Waals surface area contributed by atoms with Gasteiger partial charge in [-0.05, 0) is 81.0 Å². The largest absolute Gasteiger partial charge is 0.490 e. The topological polar surface area (TPSA) is 61.6 Å². The Morgan fingerprint density at radius 2 is 1.90 bits per heavy atom. The van der Waals surface area contributed by atoms with E-state index in [0.29, 0.717) is 11.4 Å². The SMILES string of the molecule is NC(=O)C(Cc1ccccc1OC1CCCC1)[C@@H]1CC2(CCC2)Oc2c(Cl)cccc21. The summed E-state index contributed by atoms with van der Waals surface area (Å²) < 4.78 is 12.7. The molecule has 1 unspecified atom stereocenters. The second-order valence-corrected chi connectivity index (χ2v) is 9.86. The van der Waals surface area contributed by atoms with Crippen molar-refractivity contribution in [3.05, 3.63) is 58.6 Å². The van der Waals surface area contributed by atoms with Crippen LogP contribution in [0.1, 0.15) is 68.4 Å². The lowest BCUT2D eigenvalue weighted by Gasteiger charge is -2.49. The minimum absolute atomic E-state index is 0.0141. The van der Waals surface area contributed by atoms with E-state index in [9.17, 15) is 4.79 Å². The van der Waals surface area contributed by atoms with Crippen LogP contribution in [0.15, 0.2) is 42.5 Å². The van der Waals surface area contributed by atoms with E-state index < -0.39 is 0 Å². The van der Waals surface area contributed by atoms with Gasteiger partial charge in [-0.25, -0.2) is 0 Å². The summed E-state index contributed by atoms with van der Waals surface area (Å²) in [5.41, 5.74) is 7.86. The van der Waals surface area contributed by atoms with Crippen LogP contribution in [0, 0.1) is 5.92 Å². The molecule has 2 saturated carbocycles. The first-order valence-electron chi connectivity index (χ1n) is 11.6. The molecule has 0 aromatic heterocycles. The molecule has 1 amide bonds. The lowest BCUT2D eigenvalue weighted by atomic mass is 9.66. The Morgan fingerprint density at radius 3 is 2.61 bits per heavy atom. The van der Waals surface area contributed by atoms with E-state index in [0.717, 1.165) is 61.2 Å². The number of para-hydroxylation sites is 2. The molecular formula is C26H30ClNO3. The molecular weight excluding hydrogens is 410 g/mol. The van der Waals surface area contributed by atoms with Crippen LogP contribution in [0.3, 0.4) is 0 Å². The number of carbonyl (C=O) groups is 1. The smallest absolute Gasteiger partial charge is 0.221 e. The molecule has 2 N–H and O–H groups in total. The van der Waals surface area contributed by atoms with Gasteiger partial charge in [-0.15, -0.1) is 0 Å². The van der Waals surface area contributed by atoms with Crippen LogP contribution < -0.4 is 15.2 Å². The fourth-order valence-electron chi connectivity index (χ4n) is 5.58. The predicted octanol–water partition coefficient (Wildman–Crippen LogP) is 5.79. The molecule has 164 valence electrons. The van der Waals surface area contributed by atoms with E-state index in [2.05, 4.69) is 6.07 Å². The maximum absolute atomic E-state index is 12.8. The van der Waals surface area contributed by atoms with E-state index >= 15 is 0 Å². The monoisotopic (exact) mass is 439 g/mol. The predicted molar refractivity (Wildman–Crippen MR) is 122 cm³/mol. The highest BCUT2D eigenvalue weighted by Crippen LogP contribution is 2.54. The van der Waals surface area contributed by atoms with Crippen LogP contribution in [0.5, 0.6) is 11.5 Å². The van der Waals surface area contributed by atoms with Gasteiger partial charge in [0.15, 0.2) is 0 Å². The van der Waals surface area contributed by atoms with E-state index in [-0.39, 0.29) is 29.4 Å². The first-order valence-corrected chi connectivity index (χ1v) is 11.9. The summed E-state index contributed by atoms with van der Waals surface area (Å²) in [5, 5.41) is 0.613. The van der Waals surface area contributed by atoms with Gasteiger partial charge in [0.2, 0.25) is 5.91 Å². The summed E-state index contributed by atoms with van der Waals surface area (Å²) in [6.45, 7) is 0. The van der Waals surface area contributed by atoms with Crippen molar-refractivity contribution in [3.63, 3.8) is 0 Å². The molecule has 2 aliphatic carbocycles. The number of hydrogen-bond donors (Lipinski definition) is 1. The molecule has 2 fully saturated rings. The molecule has 4 nitrogen and oxygen atoms in total. The van der Waals surface area contributed by atoms with E-state index in [1.807, 2.05) is 36.4 Å². The molecule has 31 heavy (non-hydrogen) atoms. The molecule has 2 atom stereocenters. The quantitative estimate of drug-likeness (QED) is 0.619. The van der Waals surface area contributed by atoms with Gasteiger partial charge in [0, 0.05) is 11.8 Å². The van der Waals surface area contributed by atoms with E-state index in [4.69, 9.17) is 26.8 Å². The maximum Gasteiger partial charge on any atom is 0.221 e.